The van der Waals surface area contributed by atoms with Gasteiger partial charge >= 0.3 is 0 Å². The molecule has 0 bridgehead atoms. The second kappa shape index (κ2) is 14.7. The van der Waals surface area contributed by atoms with Crippen molar-refractivity contribution in [3.8, 4) is 0 Å². The molecule has 0 aliphatic carbocycles. The average molecular weight is 490 g/mol. The van der Waals surface area contributed by atoms with Crippen LogP contribution in [0.5, 0.6) is 0 Å². The summed E-state index contributed by atoms with van der Waals surface area (Å²) in [5.74, 6) is 0.980. The van der Waals surface area contributed by atoms with Gasteiger partial charge in [0.25, 0.3) is 0 Å². The van der Waals surface area contributed by atoms with E-state index < -0.39 is 0 Å². The Morgan fingerprint density at radius 2 is 1.96 bits per heavy atom. The van der Waals surface area contributed by atoms with Crippen molar-refractivity contribution in [3.05, 3.63) is 29.8 Å². The fourth-order valence-corrected chi connectivity index (χ4v) is 2.61. The van der Waals surface area contributed by atoms with Crippen LogP contribution in [0.2, 0.25) is 0 Å². The lowest BCUT2D eigenvalue weighted by Crippen LogP contribution is -2.42. The number of ether oxygens (including phenoxy) is 1. The summed E-state index contributed by atoms with van der Waals surface area (Å²) in [7, 11) is 1.69. The maximum absolute atomic E-state index is 12.1. The van der Waals surface area contributed by atoms with Crippen LogP contribution < -0.4 is 16.0 Å². The molecular formula is C20H35IN4O2. The number of hydrogen-bond acceptors (Lipinski definition) is 3. The van der Waals surface area contributed by atoms with Gasteiger partial charge in [0.1, 0.15) is 0 Å². The summed E-state index contributed by atoms with van der Waals surface area (Å²) in [4.78, 5) is 16.3. The van der Waals surface area contributed by atoms with Crippen molar-refractivity contribution in [2.24, 2.45) is 10.9 Å². The number of anilines is 1. The molecule has 0 radical (unpaired) electrons. The third-order valence-electron chi connectivity index (χ3n) is 4.10. The quantitative estimate of drug-likeness (QED) is 0.267. The summed E-state index contributed by atoms with van der Waals surface area (Å²) in [5.41, 5.74) is 2.01. The molecule has 0 spiro atoms. The Labute approximate surface area is 181 Å². The number of benzene rings is 1. The Morgan fingerprint density at radius 3 is 2.56 bits per heavy atom. The first-order chi connectivity index (χ1) is 12.5. The number of aliphatic imine (C=N–C) groups is 1. The van der Waals surface area contributed by atoms with E-state index in [9.17, 15) is 4.79 Å². The first-order valence-corrected chi connectivity index (χ1v) is 9.45. The summed E-state index contributed by atoms with van der Waals surface area (Å²) in [6.45, 7) is 10.0. The molecule has 0 fully saturated rings. The van der Waals surface area contributed by atoms with Crippen LogP contribution >= 0.6 is 24.0 Å². The molecule has 6 nitrogen and oxygen atoms in total. The van der Waals surface area contributed by atoms with Crippen LogP contribution in [0.15, 0.2) is 29.3 Å². The van der Waals surface area contributed by atoms with E-state index in [0.717, 1.165) is 31.7 Å². The van der Waals surface area contributed by atoms with E-state index in [1.807, 2.05) is 31.2 Å². The van der Waals surface area contributed by atoms with Crippen molar-refractivity contribution < 1.29 is 9.53 Å². The molecule has 0 aliphatic rings. The van der Waals surface area contributed by atoms with E-state index in [-0.39, 0.29) is 42.5 Å². The van der Waals surface area contributed by atoms with Crippen LogP contribution in [0.1, 0.15) is 39.7 Å². The van der Waals surface area contributed by atoms with Gasteiger partial charge in [-0.2, -0.15) is 0 Å². The molecule has 1 amide bonds. The molecule has 0 aromatic heterocycles. The highest BCUT2D eigenvalue weighted by molar-refractivity contribution is 14.0. The van der Waals surface area contributed by atoms with Crippen LogP contribution in [0.3, 0.4) is 0 Å². The maximum atomic E-state index is 12.1. The van der Waals surface area contributed by atoms with E-state index in [2.05, 4.69) is 41.7 Å². The largest absolute Gasteiger partial charge is 0.378 e. The van der Waals surface area contributed by atoms with Gasteiger partial charge in [-0.15, -0.1) is 24.0 Å². The van der Waals surface area contributed by atoms with E-state index in [1.54, 1.807) is 7.05 Å². The Balaban J connectivity index is 0.00000676. The number of guanidine groups is 1. The second-order valence-electron chi connectivity index (χ2n) is 6.48. The average Bonchev–Trinajstić information content (AvgIpc) is 2.63. The zero-order valence-electron chi connectivity index (χ0n) is 17.2. The van der Waals surface area contributed by atoms with Crippen LogP contribution in [0.4, 0.5) is 5.69 Å². The summed E-state index contributed by atoms with van der Waals surface area (Å²) in [5, 5.41) is 9.17. The van der Waals surface area contributed by atoms with Crippen LogP contribution in [0, 0.1) is 5.92 Å². The van der Waals surface area contributed by atoms with E-state index in [1.165, 1.54) is 5.56 Å². The number of nitrogens with one attached hydrogen (secondary N) is 3. The lowest BCUT2D eigenvalue weighted by molar-refractivity contribution is -0.115. The molecular weight excluding hydrogens is 455 g/mol. The molecule has 1 rings (SSSR count). The molecule has 1 unspecified atom stereocenters. The fourth-order valence-electron chi connectivity index (χ4n) is 2.61. The van der Waals surface area contributed by atoms with Crippen molar-refractivity contribution in [1.82, 2.24) is 10.6 Å². The predicted octanol–water partition coefficient (Wildman–Crippen LogP) is 3.42. The Bertz CT molecular complexity index is 579. The van der Waals surface area contributed by atoms with Crippen molar-refractivity contribution >= 4 is 41.5 Å². The van der Waals surface area contributed by atoms with Gasteiger partial charge in [0.2, 0.25) is 5.91 Å². The molecule has 0 saturated carbocycles. The third-order valence-corrected chi connectivity index (χ3v) is 4.10. The van der Waals surface area contributed by atoms with E-state index in [4.69, 9.17) is 4.74 Å². The molecule has 1 aromatic carbocycles. The standard InChI is InChI=1S/C20H34N4O2.HI/c1-6-16-9-8-10-17(13-16)24-19(25)14-23-20(21-5)22-12-11-18(15(3)4)26-7-2;/h8-10,13,15,18H,6-7,11-12,14H2,1-5H3,(H,24,25)(H2,21,22,23);1H. The number of aryl methyl sites for hydroxylation is 1. The van der Waals surface area contributed by atoms with E-state index in [0.29, 0.717) is 11.9 Å². The van der Waals surface area contributed by atoms with Gasteiger partial charge in [-0.1, -0.05) is 32.9 Å². The molecule has 1 atom stereocenters. The molecule has 0 saturated heterocycles. The number of rotatable bonds is 10. The summed E-state index contributed by atoms with van der Waals surface area (Å²) in [6, 6.07) is 7.88. The normalized spacial score (nSPS) is 12.3. The highest BCUT2D eigenvalue weighted by Crippen LogP contribution is 2.11. The Hall–Kier alpha value is -1.35. The molecule has 7 heteroatoms. The van der Waals surface area contributed by atoms with E-state index >= 15 is 0 Å². The molecule has 3 N–H and O–H groups in total. The van der Waals surface area contributed by atoms with Crippen LogP contribution in [-0.2, 0) is 16.0 Å². The van der Waals surface area contributed by atoms with Crippen molar-refractivity contribution in [2.75, 3.05) is 32.1 Å². The van der Waals surface area contributed by atoms with Gasteiger partial charge < -0.3 is 20.7 Å². The highest BCUT2D eigenvalue weighted by Gasteiger charge is 2.13. The lowest BCUT2D eigenvalue weighted by atomic mass is 10.0. The van der Waals surface area contributed by atoms with Gasteiger partial charge in [-0.25, -0.2) is 0 Å². The molecule has 0 heterocycles. The van der Waals surface area contributed by atoms with Crippen LogP contribution in [-0.4, -0.2) is 44.7 Å². The number of nitrogens with zero attached hydrogens (tertiary/aromatic N) is 1. The van der Waals surface area contributed by atoms with Crippen molar-refractivity contribution in [2.45, 2.75) is 46.6 Å². The number of carbonyl (C=O) groups is 1. The van der Waals surface area contributed by atoms with Gasteiger partial charge in [-0.05, 0) is 43.4 Å². The number of hydrogen-bond donors (Lipinski definition) is 3. The van der Waals surface area contributed by atoms with Gasteiger partial charge in [-0.3, -0.25) is 9.79 Å². The van der Waals surface area contributed by atoms with Crippen LogP contribution in [0.25, 0.3) is 0 Å². The minimum atomic E-state index is -0.101. The SMILES string of the molecule is CCOC(CCNC(=NC)NCC(=O)Nc1cccc(CC)c1)C(C)C.I. The minimum Gasteiger partial charge on any atom is -0.378 e. The summed E-state index contributed by atoms with van der Waals surface area (Å²) in [6.07, 6.45) is 2.06. The molecule has 154 valence electrons. The predicted molar refractivity (Wildman–Crippen MR) is 124 cm³/mol. The zero-order valence-corrected chi connectivity index (χ0v) is 19.5. The number of halogens is 1. The van der Waals surface area contributed by atoms with Gasteiger partial charge in [0.05, 0.1) is 12.6 Å². The Morgan fingerprint density at radius 1 is 1.22 bits per heavy atom. The molecule has 0 aliphatic heterocycles. The fraction of sp³-hybridized carbons (Fsp3) is 0.600. The smallest absolute Gasteiger partial charge is 0.243 e. The minimum absolute atomic E-state index is 0. The zero-order chi connectivity index (χ0) is 19.4. The van der Waals surface area contributed by atoms with Gasteiger partial charge in [0, 0.05) is 25.9 Å². The first kappa shape index (κ1) is 25.6. The first-order valence-electron chi connectivity index (χ1n) is 9.45. The number of amides is 1. The monoisotopic (exact) mass is 490 g/mol. The topological polar surface area (TPSA) is 74.8 Å². The van der Waals surface area contributed by atoms with Crippen molar-refractivity contribution in [3.63, 3.8) is 0 Å². The lowest BCUT2D eigenvalue weighted by Gasteiger charge is -2.21. The molecule has 1 aromatic rings. The summed E-state index contributed by atoms with van der Waals surface area (Å²) >= 11 is 0. The van der Waals surface area contributed by atoms with Crippen molar-refractivity contribution in [1.29, 1.82) is 0 Å². The van der Waals surface area contributed by atoms with Gasteiger partial charge in [0.15, 0.2) is 5.96 Å². The summed E-state index contributed by atoms with van der Waals surface area (Å²) < 4.78 is 5.74. The Kier molecular flexibility index (Phi) is 13.9. The third kappa shape index (κ3) is 10.5. The molecule has 27 heavy (non-hydrogen) atoms. The number of carbonyl (C=O) groups excluding carboxylic acids is 1. The maximum Gasteiger partial charge on any atom is 0.243 e. The highest BCUT2D eigenvalue weighted by atomic mass is 127. The second-order valence-corrected chi connectivity index (χ2v) is 6.48.